The lowest BCUT2D eigenvalue weighted by Crippen LogP contribution is -2.33. The Kier molecular flexibility index (Phi) is 2.52. The number of hydrogen-bond acceptors (Lipinski definition) is 0. The molecule has 0 amide bonds. The van der Waals surface area contributed by atoms with E-state index in [1.54, 1.807) is 0 Å². The van der Waals surface area contributed by atoms with Gasteiger partial charge < -0.3 is 0 Å². The first-order valence-electron chi connectivity index (χ1n) is 3.55. The van der Waals surface area contributed by atoms with Crippen LogP contribution in [0.25, 0.3) is 0 Å². The van der Waals surface area contributed by atoms with Crippen LogP contribution in [0.3, 0.4) is 0 Å². The van der Waals surface area contributed by atoms with Gasteiger partial charge in [0.25, 0.3) is 0 Å². The molecule has 5 heteroatoms. The number of rotatable bonds is 1. The fraction of sp³-hybridized carbons (Fsp3) is 0.222. The molecule has 0 unspecified atom stereocenters. The molecule has 0 atom stereocenters. The molecule has 0 aliphatic rings. The van der Waals surface area contributed by atoms with Gasteiger partial charge in [-0.15, -0.1) is 0 Å². The third-order valence-electron chi connectivity index (χ3n) is 1.61. The van der Waals surface area contributed by atoms with E-state index in [1.165, 1.54) is 6.07 Å². The highest BCUT2D eigenvalue weighted by atomic mass is 19.4. The van der Waals surface area contributed by atoms with Crippen molar-refractivity contribution in [3.63, 3.8) is 0 Å². The first-order valence-corrected chi connectivity index (χ1v) is 3.55. The van der Waals surface area contributed by atoms with Gasteiger partial charge >= 0.3 is 12.1 Å². The first-order chi connectivity index (χ1) is 6.25. The van der Waals surface area contributed by atoms with Gasteiger partial charge in [0, 0.05) is 5.56 Å². The molecule has 2 radical (unpaired) electrons. The molecule has 0 bridgehead atoms. The smallest absolute Gasteiger partial charge is 0.191 e. The summed E-state index contributed by atoms with van der Waals surface area (Å²) >= 11 is 0. The van der Waals surface area contributed by atoms with Crippen molar-refractivity contribution in [3.8, 4) is 0 Å². The molecule has 76 valence electrons. The second-order valence-corrected chi connectivity index (χ2v) is 2.70. The molecule has 0 spiro atoms. The van der Waals surface area contributed by atoms with Crippen LogP contribution in [0.5, 0.6) is 0 Å². The van der Waals surface area contributed by atoms with E-state index in [4.69, 9.17) is 6.92 Å². The second-order valence-electron chi connectivity index (χ2n) is 2.70. The van der Waals surface area contributed by atoms with Gasteiger partial charge in [0.05, 0.1) is 0 Å². The average molecular weight is 208 g/mol. The van der Waals surface area contributed by atoms with Crippen LogP contribution in [0.1, 0.15) is 11.1 Å². The molecule has 14 heavy (non-hydrogen) atoms. The Morgan fingerprint density at radius 1 is 1.00 bits per heavy atom. The van der Waals surface area contributed by atoms with Crippen molar-refractivity contribution < 1.29 is 22.0 Å². The molecule has 0 aromatic heterocycles. The zero-order chi connectivity index (χ0) is 11.0. The number of benzene rings is 1. The molecule has 1 rings (SSSR count). The molecule has 0 aliphatic carbocycles. The molecular weight excluding hydrogens is 203 g/mol. The van der Waals surface area contributed by atoms with E-state index in [0.717, 1.165) is 6.07 Å². The molecule has 0 saturated carbocycles. The molecule has 1 aromatic carbocycles. The minimum Gasteiger partial charge on any atom is -0.191 e. The quantitative estimate of drug-likeness (QED) is 0.620. The van der Waals surface area contributed by atoms with E-state index in [2.05, 4.69) is 0 Å². The predicted octanol–water partition coefficient (Wildman–Crippen LogP) is 3.40. The van der Waals surface area contributed by atoms with Crippen molar-refractivity contribution in [1.29, 1.82) is 0 Å². The third kappa shape index (κ3) is 1.86. The molecule has 0 nitrogen and oxygen atoms in total. The predicted molar refractivity (Wildman–Crippen MR) is 39.8 cm³/mol. The van der Waals surface area contributed by atoms with Crippen LogP contribution in [0, 0.1) is 6.92 Å². The lowest BCUT2D eigenvalue weighted by Gasteiger charge is -2.19. The topological polar surface area (TPSA) is 0 Å². The summed E-state index contributed by atoms with van der Waals surface area (Å²) in [6.07, 6.45) is -5.60. The maximum atomic E-state index is 12.7. The summed E-state index contributed by atoms with van der Waals surface area (Å²) < 4.78 is 60.9. The summed E-state index contributed by atoms with van der Waals surface area (Å²) in [5, 5.41) is 0. The van der Waals surface area contributed by atoms with Gasteiger partial charge in [-0.1, -0.05) is 18.2 Å². The second kappa shape index (κ2) is 3.22. The summed E-state index contributed by atoms with van der Waals surface area (Å²) in [4.78, 5) is 0. The maximum Gasteiger partial charge on any atom is 0.458 e. The molecule has 0 fully saturated rings. The van der Waals surface area contributed by atoms with Gasteiger partial charge in [0.1, 0.15) is 0 Å². The Balaban J connectivity index is 3.16. The van der Waals surface area contributed by atoms with Gasteiger partial charge in [0.2, 0.25) is 0 Å². The van der Waals surface area contributed by atoms with E-state index in [0.29, 0.717) is 12.1 Å². The van der Waals surface area contributed by atoms with Crippen molar-refractivity contribution in [1.82, 2.24) is 0 Å². The van der Waals surface area contributed by atoms with Crippen LogP contribution in [0.15, 0.2) is 24.3 Å². The Morgan fingerprint density at radius 2 is 1.57 bits per heavy atom. The number of halogens is 5. The van der Waals surface area contributed by atoms with Crippen LogP contribution < -0.4 is 0 Å². The highest BCUT2D eigenvalue weighted by Gasteiger charge is 2.58. The lowest BCUT2D eigenvalue weighted by atomic mass is 10.1. The molecule has 0 heterocycles. The van der Waals surface area contributed by atoms with Gasteiger partial charge in [-0.3, -0.25) is 0 Å². The van der Waals surface area contributed by atoms with Crippen molar-refractivity contribution in [2.75, 3.05) is 0 Å². The van der Waals surface area contributed by atoms with E-state index in [-0.39, 0.29) is 5.56 Å². The summed E-state index contributed by atoms with van der Waals surface area (Å²) in [5.41, 5.74) is -1.28. The van der Waals surface area contributed by atoms with Crippen molar-refractivity contribution in [2.24, 2.45) is 0 Å². The van der Waals surface area contributed by atoms with Crippen LogP contribution in [-0.2, 0) is 5.92 Å². The van der Waals surface area contributed by atoms with E-state index in [9.17, 15) is 22.0 Å². The minimum absolute atomic E-state index is 0.133. The summed E-state index contributed by atoms with van der Waals surface area (Å²) in [7, 11) is 0. The van der Waals surface area contributed by atoms with Crippen molar-refractivity contribution >= 4 is 0 Å². The highest BCUT2D eigenvalue weighted by Crippen LogP contribution is 2.43. The summed E-state index contributed by atoms with van der Waals surface area (Å²) in [6.45, 7) is 5.10. The van der Waals surface area contributed by atoms with Crippen LogP contribution in [-0.4, -0.2) is 6.18 Å². The Hall–Kier alpha value is -1.13. The zero-order valence-electron chi connectivity index (χ0n) is 6.78. The Morgan fingerprint density at radius 3 is 2.00 bits per heavy atom. The van der Waals surface area contributed by atoms with Gasteiger partial charge in [-0.2, -0.15) is 22.0 Å². The monoisotopic (exact) mass is 208 g/mol. The van der Waals surface area contributed by atoms with E-state index in [1.807, 2.05) is 0 Å². The van der Waals surface area contributed by atoms with Gasteiger partial charge in [0.15, 0.2) is 0 Å². The normalized spacial score (nSPS) is 13.0. The fourth-order valence-corrected chi connectivity index (χ4v) is 0.898. The molecule has 1 aromatic rings. The SMILES string of the molecule is [CH]c1cccc(C(F)(F)C(F)(F)F)c1. The van der Waals surface area contributed by atoms with Crippen LogP contribution >= 0.6 is 0 Å². The first kappa shape index (κ1) is 10.9. The number of alkyl halides is 5. The summed E-state index contributed by atoms with van der Waals surface area (Å²) in [6, 6.07) is 3.57. The molecule has 0 aliphatic heterocycles. The largest absolute Gasteiger partial charge is 0.458 e. The third-order valence-corrected chi connectivity index (χ3v) is 1.61. The average Bonchev–Trinajstić information content (AvgIpc) is 2.02. The highest BCUT2D eigenvalue weighted by molar-refractivity contribution is 5.29. The fourth-order valence-electron chi connectivity index (χ4n) is 0.898. The van der Waals surface area contributed by atoms with Crippen molar-refractivity contribution in [3.05, 3.63) is 42.3 Å². The number of hydrogen-bond donors (Lipinski definition) is 0. The standard InChI is InChI=1S/C9H5F5/c1-6-3-2-4-7(5-6)8(10,11)9(12,13)14/h1-5H. The molecule has 0 N–H and O–H groups in total. The minimum atomic E-state index is -5.60. The van der Waals surface area contributed by atoms with Gasteiger partial charge in [-0.05, 0) is 18.6 Å². The van der Waals surface area contributed by atoms with Crippen LogP contribution in [0.2, 0.25) is 0 Å². The maximum absolute atomic E-state index is 12.7. The van der Waals surface area contributed by atoms with E-state index < -0.39 is 17.7 Å². The molecular formula is C9H5F5. The molecule has 0 saturated heterocycles. The summed E-state index contributed by atoms with van der Waals surface area (Å²) in [5.74, 6) is -4.86. The Labute approximate surface area is 77.4 Å². The van der Waals surface area contributed by atoms with Crippen LogP contribution in [0.4, 0.5) is 22.0 Å². The van der Waals surface area contributed by atoms with Crippen molar-refractivity contribution in [2.45, 2.75) is 12.1 Å². The van der Waals surface area contributed by atoms with E-state index >= 15 is 0 Å². The lowest BCUT2D eigenvalue weighted by molar-refractivity contribution is -0.289. The zero-order valence-corrected chi connectivity index (χ0v) is 6.78. The Bertz CT molecular complexity index is 326. The van der Waals surface area contributed by atoms with Gasteiger partial charge in [-0.25, -0.2) is 0 Å².